The van der Waals surface area contributed by atoms with Crippen molar-refractivity contribution in [2.24, 2.45) is 17.8 Å². The summed E-state index contributed by atoms with van der Waals surface area (Å²) < 4.78 is 0. The van der Waals surface area contributed by atoms with E-state index in [0.717, 1.165) is 39.3 Å². The van der Waals surface area contributed by atoms with Crippen LogP contribution in [0.4, 0.5) is 11.4 Å². The van der Waals surface area contributed by atoms with E-state index in [1.807, 2.05) is 0 Å². The van der Waals surface area contributed by atoms with Crippen molar-refractivity contribution in [1.82, 2.24) is 16.0 Å². The Morgan fingerprint density at radius 2 is 1.21 bits per heavy atom. The summed E-state index contributed by atoms with van der Waals surface area (Å²) in [4.78, 5) is 2.75. The highest BCUT2D eigenvalue weighted by molar-refractivity contribution is 6.76. The van der Waals surface area contributed by atoms with Crippen molar-refractivity contribution in [2.75, 3.05) is 44.2 Å². The Kier molecular flexibility index (Phi) is 6.08. The van der Waals surface area contributed by atoms with Crippen LogP contribution in [-0.4, -0.2) is 52.0 Å². The molecule has 0 saturated carbocycles. The normalized spacial score (nSPS) is 35.5. The van der Waals surface area contributed by atoms with Crippen molar-refractivity contribution in [3.63, 3.8) is 0 Å². The number of anilines is 2. The van der Waals surface area contributed by atoms with E-state index in [0.29, 0.717) is 42.1 Å². The van der Waals surface area contributed by atoms with E-state index >= 15 is 0 Å². The second kappa shape index (κ2) is 9.80. The Hall–Kier alpha value is -2.60. The summed E-state index contributed by atoms with van der Waals surface area (Å²) in [6.07, 6.45) is 3.78. The van der Waals surface area contributed by atoms with Crippen molar-refractivity contribution in [3.8, 4) is 0 Å². The smallest absolute Gasteiger partial charge is 0.185 e. The molecule has 3 aromatic rings. The molecule has 0 aliphatic carbocycles. The molecule has 39 heavy (non-hydrogen) atoms. The SMILES string of the molecule is c1ccc(B2C3CNCCC3C3(c4ccccc4N(c4ccccc4)C4CCNCC43)C3CCNCC23)cc1. The third kappa shape index (κ3) is 3.56. The van der Waals surface area contributed by atoms with Crippen LogP contribution >= 0.6 is 0 Å². The Morgan fingerprint density at radius 3 is 1.92 bits per heavy atom. The average Bonchev–Trinajstić information content (AvgIpc) is 3.02. The van der Waals surface area contributed by atoms with Gasteiger partial charge in [-0.3, -0.25) is 0 Å². The summed E-state index contributed by atoms with van der Waals surface area (Å²) in [6.45, 7) is 7.44. The first kappa shape index (κ1) is 24.2. The number of nitrogens with one attached hydrogen (secondary N) is 3. The predicted molar refractivity (Wildman–Crippen MR) is 163 cm³/mol. The van der Waals surface area contributed by atoms with E-state index < -0.39 is 0 Å². The lowest BCUT2D eigenvalue weighted by Crippen LogP contribution is -2.72. The van der Waals surface area contributed by atoms with Gasteiger partial charge in [0.2, 0.25) is 0 Å². The summed E-state index contributed by atoms with van der Waals surface area (Å²) in [5.41, 5.74) is 6.26. The van der Waals surface area contributed by atoms with Crippen LogP contribution in [0.25, 0.3) is 0 Å². The molecule has 0 bridgehead atoms. The fourth-order valence-corrected chi connectivity index (χ4v) is 10.4. The van der Waals surface area contributed by atoms with Gasteiger partial charge >= 0.3 is 0 Å². The van der Waals surface area contributed by atoms with Crippen LogP contribution in [0.2, 0.25) is 11.6 Å². The molecule has 4 fully saturated rings. The summed E-state index contributed by atoms with van der Waals surface area (Å²) in [5.74, 6) is 3.29. The monoisotopic (exact) mass is 516 g/mol. The summed E-state index contributed by atoms with van der Waals surface area (Å²) in [6, 6.07) is 33.0. The van der Waals surface area contributed by atoms with Crippen LogP contribution in [0.5, 0.6) is 0 Å². The van der Waals surface area contributed by atoms with Gasteiger partial charge in [-0.2, -0.15) is 0 Å². The second-order valence-electron chi connectivity index (χ2n) is 12.8. The molecule has 8 rings (SSSR count). The molecule has 200 valence electrons. The highest BCUT2D eigenvalue weighted by Gasteiger charge is 2.67. The van der Waals surface area contributed by atoms with E-state index in [2.05, 4.69) is 106 Å². The first-order chi connectivity index (χ1) is 19.4. The van der Waals surface area contributed by atoms with Crippen LogP contribution in [0.3, 0.4) is 0 Å². The number of benzene rings is 3. The average molecular weight is 517 g/mol. The number of hydrogen-bond donors (Lipinski definition) is 3. The molecular weight excluding hydrogens is 475 g/mol. The van der Waals surface area contributed by atoms with Crippen LogP contribution < -0.4 is 26.3 Å². The van der Waals surface area contributed by atoms with Gasteiger partial charge in [-0.25, -0.2) is 0 Å². The van der Waals surface area contributed by atoms with Crippen LogP contribution in [0.1, 0.15) is 24.8 Å². The maximum Gasteiger partial charge on any atom is 0.185 e. The van der Waals surface area contributed by atoms with Crippen molar-refractivity contribution in [3.05, 3.63) is 90.5 Å². The highest BCUT2D eigenvalue weighted by atomic mass is 15.2. The summed E-state index contributed by atoms with van der Waals surface area (Å²) in [5, 5.41) is 11.7. The number of hydrogen-bond acceptors (Lipinski definition) is 4. The quantitative estimate of drug-likeness (QED) is 0.441. The van der Waals surface area contributed by atoms with E-state index in [1.165, 1.54) is 30.6 Å². The van der Waals surface area contributed by atoms with Crippen molar-refractivity contribution in [1.29, 1.82) is 0 Å². The maximum atomic E-state index is 3.93. The van der Waals surface area contributed by atoms with E-state index in [4.69, 9.17) is 0 Å². The molecule has 6 unspecified atom stereocenters. The number of fused-ring (bicyclic) bond motifs is 8. The highest BCUT2D eigenvalue weighted by Crippen LogP contribution is 2.67. The van der Waals surface area contributed by atoms with Crippen molar-refractivity contribution < 1.29 is 0 Å². The van der Waals surface area contributed by atoms with Crippen LogP contribution in [-0.2, 0) is 5.41 Å². The molecule has 5 aliphatic heterocycles. The van der Waals surface area contributed by atoms with E-state index in [-0.39, 0.29) is 5.41 Å². The number of nitrogens with zero attached hydrogens (tertiary/aromatic N) is 1. The minimum Gasteiger partial charge on any atom is -0.338 e. The summed E-state index contributed by atoms with van der Waals surface area (Å²) >= 11 is 0. The van der Waals surface area contributed by atoms with Gasteiger partial charge < -0.3 is 20.9 Å². The zero-order valence-electron chi connectivity index (χ0n) is 22.9. The molecule has 0 radical (unpaired) electrons. The largest absolute Gasteiger partial charge is 0.338 e. The predicted octanol–water partition coefficient (Wildman–Crippen LogP) is 4.43. The van der Waals surface area contributed by atoms with Gasteiger partial charge in [0.05, 0.1) is 0 Å². The van der Waals surface area contributed by atoms with Gasteiger partial charge in [0.15, 0.2) is 6.71 Å². The zero-order valence-corrected chi connectivity index (χ0v) is 22.9. The molecule has 0 amide bonds. The Bertz CT molecular complexity index is 1270. The molecular formula is C34H41BN4. The molecule has 5 heterocycles. The maximum absolute atomic E-state index is 3.93. The molecule has 6 atom stereocenters. The van der Waals surface area contributed by atoms with Gasteiger partial charge in [-0.15, -0.1) is 0 Å². The van der Waals surface area contributed by atoms with Crippen LogP contribution in [0.15, 0.2) is 84.9 Å². The lowest BCUT2D eigenvalue weighted by molar-refractivity contribution is 0.00812. The number of para-hydroxylation sites is 2. The lowest BCUT2D eigenvalue weighted by Gasteiger charge is -2.68. The minimum absolute atomic E-state index is 0.199. The van der Waals surface area contributed by atoms with Gasteiger partial charge in [-0.1, -0.05) is 72.2 Å². The first-order valence-electron chi connectivity index (χ1n) is 15.5. The standard InChI is InChI=1S/C34H41BN4/c1-3-9-24(10-4-1)35-30-22-37-18-15-26(30)34(27-16-19-38-23-31(27)35)28-13-7-8-14-32(28)39(25-11-5-2-6-12-25)33-17-20-36-21-29(33)34/h1-14,26-27,29-31,33,36-38H,15-23H2. The molecule has 3 N–H and O–H groups in total. The molecule has 0 aromatic heterocycles. The van der Waals surface area contributed by atoms with Gasteiger partial charge in [0, 0.05) is 35.3 Å². The molecule has 1 spiro atoms. The van der Waals surface area contributed by atoms with Gasteiger partial charge in [0.1, 0.15) is 0 Å². The van der Waals surface area contributed by atoms with Gasteiger partial charge in [-0.05, 0) is 99.2 Å². The minimum atomic E-state index is 0.199. The third-order valence-corrected chi connectivity index (χ3v) is 11.4. The van der Waals surface area contributed by atoms with E-state index in [1.54, 1.807) is 11.0 Å². The molecule has 3 aromatic carbocycles. The summed E-state index contributed by atoms with van der Waals surface area (Å²) in [7, 11) is 0. The second-order valence-corrected chi connectivity index (χ2v) is 12.8. The number of rotatable bonds is 2. The lowest BCUT2D eigenvalue weighted by atomic mass is 9.19. The fourth-order valence-electron chi connectivity index (χ4n) is 10.4. The molecule has 5 aliphatic rings. The number of piperidine rings is 3. The topological polar surface area (TPSA) is 39.3 Å². The Morgan fingerprint density at radius 1 is 0.615 bits per heavy atom. The van der Waals surface area contributed by atoms with Crippen molar-refractivity contribution in [2.45, 2.75) is 42.4 Å². The molecule has 5 heteroatoms. The molecule has 4 nitrogen and oxygen atoms in total. The van der Waals surface area contributed by atoms with Crippen molar-refractivity contribution >= 4 is 23.6 Å². The van der Waals surface area contributed by atoms with Crippen LogP contribution in [0, 0.1) is 17.8 Å². The third-order valence-electron chi connectivity index (χ3n) is 11.4. The van der Waals surface area contributed by atoms with Gasteiger partial charge in [0.25, 0.3) is 0 Å². The zero-order chi connectivity index (χ0) is 25.8. The Balaban J connectivity index is 1.38. The van der Waals surface area contributed by atoms with E-state index in [9.17, 15) is 0 Å². The first-order valence-corrected chi connectivity index (χ1v) is 15.5. The Labute approximate surface area is 234 Å². The fraction of sp³-hybridized carbons (Fsp3) is 0.471. The molecule has 4 saturated heterocycles.